The third-order valence-corrected chi connectivity index (χ3v) is 7.87. The number of hydrogen-bond donors (Lipinski definition) is 3. The van der Waals surface area contributed by atoms with Crippen molar-refractivity contribution in [3.05, 3.63) is 95.6 Å². The second-order valence-electron chi connectivity index (χ2n) is 11.3. The first-order valence-corrected chi connectivity index (χ1v) is 14.9. The fraction of sp³-hybridized carbons (Fsp3) is 0.375. The van der Waals surface area contributed by atoms with E-state index in [0.717, 1.165) is 56.4 Å². The first kappa shape index (κ1) is 32.8. The van der Waals surface area contributed by atoms with Crippen molar-refractivity contribution >= 4 is 17.7 Å². The van der Waals surface area contributed by atoms with Crippen LogP contribution in [0.5, 0.6) is 0 Å². The topological polar surface area (TPSA) is 96.8 Å². The SMILES string of the molecule is O=C(NCc1ccc(C(F)(F)F)cc1)C(CC1CCCCC1)Nc1cc(-n2ccnc2)nc(NCc2cccc(C(F)(F)F)c2)n1. The van der Waals surface area contributed by atoms with Crippen LogP contribution in [0.2, 0.25) is 0 Å². The van der Waals surface area contributed by atoms with Crippen molar-refractivity contribution in [1.29, 1.82) is 0 Å². The molecule has 1 atom stereocenters. The van der Waals surface area contributed by atoms with Gasteiger partial charge in [0.05, 0.1) is 11.1 Å². The van der Waals surface area contributed by atoms with Crippen LogP contribution >= 0.6 is 0 Å². The molecule has 0 radical (unpaired) electrons. The summed E-state index contributed by atoms with van der Waals surface area (Å²) < 4.78 is 80.2. The van der Waals surface area contributed by atoms with E-state index in [1.807, 2.05) is 0 Å². The summed E-state index contributed by atoms with van der Waals surface area (Å²) in [4.78, 5) is 26.6. The molecule has 0 spiro atoms. The van der Waals surface area contributed by atoms with E-state index in [0.29, 0.717) is 29.2 Å². The zero-order valence-corrected chi connectivity index (χ0v) is 24.7. The van der Waals surface area contributed by atoms with Crippen molar-refractivity contribution in [2.24, 2.45) is 5.92 Å². The maximum absolute atomic E-state index is 13.5. The lowest BCUT2D eigenvalue weighted by molar-refractivity contribution is -0.138. The summed E-state index contributed by atoms with van der Waals surface area (Å²) in [5.41, 5.74) is -0.647. The standard InChI is InChI=1S/C32H33F6N7O/c33-31(34,35)24-11-9-22(10-12-24)18-40-29(46)26(16-21-5-2-1-3-6-21)42-27-17-28(45-14-13-39-20-45)44-30(43-27)41-19-23-7-4-8-25(15-23)32(36,37)38/h4,7-15,17,20-21,26H,1-3,5-6,16,18-19H2,(H,40,46)(H2,41,42,43,44). The molecule has 0 bridgehead atoms. The normalized spacial score (nSPS) is 14.9. The van der Waals surface area contributed by atoms with Gasteiger partial charge in [0.15, 0.2) is 0 Å². The number of carbonyl (C=O) groups excluding carboxylic acids is 1. The van der Waals surface area contributed by atoms with Gasteiger partial charge in [-0.1, -0.05) is 56.4 Å². The lowest BCUT2D eigenvalue weighted by atomic mass is 9.84. The van der Waals surface area contributed by atoms with Crippen LogP contribution in [0.1, 0.15) is 60.8 Å². The number of benzene rings is 2. The number of imidazole rings is 1. The van der Waals surface area contributed by atoms with Crippen LogP contribution in [0.15, 0.2) is 73.3 Å². The van der Waals surface area contributed by atoms with Crippen LogP contribution in [-0.2, 0) is 30.2 Å². The minimum atomic E-state index is -4.48. The molecule has 5 rings (SSSR count). The van der Waals surface area contributed by atoms with Gasteiger partial charge < -0.3 is 16.0 Å². The average molecular weight is 646 g/mol. The molecule has 2 aromatic carbocycles. The highest BCUT2D eigenvalue weighted by Gasteiger charge is 2.31. The minimum absolute atomic E-state index is 0.00978. The largest absolute Gasteiger partial charge is 0.416 e. The Balaban J connectivity index is 1.35. The predicted molar refractivity (Wildman–Crippen MR) is 160 cm³/mol. The van der Waals surface area contributed by atoms with Crippen LogP contribution in [0, 0.1) is 5.92 Å². The Bertz CT molecular complexity index is 1580. The molecule has 1 saturated carbocycles. The zero-order chi connectivity index (χ0) is 32.7. The Morgan fingerprint density at radius 1 is 0.870 bits per heavy atom. The highest BCUT2D eigenvalue weighted by atomic mass is 19.4. The van der Waals surface area contributed by atoms with Gasteiger partial charge >= 0.3 is 12.4 Å². The summed E-state index contributed by atoms with van der Waals surface area (Å²) in [7, 11) is 0. The Hall–Kier alpha value is -4.62. The number of anilines is 2. The highest BCUT2D eigenvalue weighted by molar-refractivity contribution is 5.84. The Morgan fingerprint density at radius 3 is 2.28 bits per heavy atom. The van der Waals surface area contributed by atoms with E-state index in [1.54, 1.807) is 29.1 Å². The van der Waals surface area contributed by atoms with Gasteiger partial charge in [-0.15, -0.1) is 0 Å². The van der Waals surface area contributed by atoms with Crippen LogP contribution in [0.4, 0.5) is 38.1 Å². The van der Waals surface area contributed by atoms with Gasteiger partial charge in [0.2, 0.25) is 11.9 Å². The summed E-state index contributed by atoms with van der Waals surface area (Å²) >= 11 is 0. The molecule has 1 fully saturated rings. The van der Waals surface area contributed by atoms with Crippen molar-refractivity contribution in [3.63, 3.8) is 0 Å². The smallest absolute Gasteiger partial charge is 0.358 e. The van der Waals surface area contributed by atoms with Crippen LogP contribution in [0.3, 0.4) is 0 Å². The Labute approximate surface area is 261 Å². The van der Waals surface area contributed by atoms with E-state index in [2.05, 4.69) is 30.9 Å². The number of rotatable bonds is 11. The Morgan fingerprint density at radius 2 is 1.61 bits per heavy atom. The monoisotopic (exact) mass is 645 g/mol. The first-order chi connectivity index (χ1) is 21.9. The summed E-state index contributed by atoms with van der Waals surface area (Å²) in [6, 6.07) is 10.5. The molecule has 244 valence electrons. The summed E-state index contributed by atoms with van der Waals surface area (Å²) in [6.07, 6.45) is 1.53. The number of amides is 1. The third-order valence-electron chi connectivity index (χ3n) is 7.87. The van der Waals surface area contributed by atoms with E-state index in [9.17, 15) is 31.1 Å². The number of nitrogens with one attached hydrogen (secondary N) is 3. The molecule has 3 N–H and O–H groups in total. The maximum Gasteiger partial charge on any atom is 0.416 e. The fourth-order valence-electron chi connectivity index (χ4n) is 5.44. The molecule has 14 heteroatoms. The third kappa shape index (κ3) is 8.98. The van der Waals surface area contributed by atoms with E-state index >= 15 is 0 Å². The molecule has 0 aliphatic heterocycles. The number of halogens is 6. The van der Waals surface area contributed by atoms with Crippen LogP contribution in [0.25, 0.3) is 5.82 Å². The van der Waals surface area contributed by atoms with Crippen molar-refractivity contribution in [1.82, 2.24) is 24.8 Å². The number of nitrogens with zero attached hydrogens (tertiary/aromatic N) is 4. The first-order valence-electron chi connectivity index (χ1n) is 14.9. The van der Waals surface area contributed by atoms with Crippen molar-refractivity contribution in [2.45, 2.75) is 70.0 Å². The molecule has 1 aliphatic carbocycles. The minimum Gasteiger partial charge on any atom is -0.358 e. The lowest BCUT2D eigenvalue weighted by Gasteiger charge is -2.27. The van der Waals surface area contributed by atoms with E-state index in [-0.39, 0.29) is 30.9 Å². The summed E-state index contributed by atoms with van der Waals surface area (Å²) in [5.74, 6) is 0.773. The number of alkyl halides is 6. The molecule has 46 heavy (non-hydrogen) atoms. The van der Waals surface area contributed by atoms with Crippen LogP contribution < -0.4 is 16.0 Å². The summed E-state index contributed by atoms with van der Waals surface area (Å²) in [6.45, 7) is 0.0452. The lowest BCUT2D eigenvalue weighted by Crippen LogP contribution is -2.41. The van der Waals surface area contributed by atoms with Gasteiger partial charge in [-0.25, -0.2) is 4.98 Å². The van der Waals surface area contributed by atoms with Crippen molar-refractivity contribution < 1.29 is 31.1 Å². The molecule has 2 aromatic heterocycles. The molecular weight excluding hydrogens is 612 g/mol. The van der Waals surface area contributed by atoms with Crippen molar-refractivity contribution in [3.8, 4) is 5.82 Å². The fourth-order valence-corrected chi connectivity index (χ4v) is 5.44. The number of aromatic nitrogens is 4. The molecule has 2 heterocycles. The van der Waals surface area contributed by atoms with E-state index in [4.69, 9.17) is 0 Å². The zero-order valence-electron chi connectivity index (χ0n) is 24.7. The van der Waals surface area contributed by atoms with Gasteiger partial charge in [-0.05, 0) is 47.7 Å². The Kier molecular flexibility index (Phi) is 10.1. The molecule has 8 nitrogen and oxygen atoms in total. The van der Waals surface area contributed by atoms with Gasteiger partial charge in [-0.2, -0.15) is 36.3 Å². The van der Waals surface area contributed by atoms with Crippen LogP contribution in [-0.4, -0.2) is 31.5 Å². The second-order valence-corrected chi connectivity index (χ2v) is 11.3. The van der Waals surface area contributed by atoms with E-state index in [1.165, 1.54) is 24.5 Å². The molecule has 1 unspecified atom stereocenters. The molecule has 4 aromatic rings. The number of carbonyl (C=O) groups is 1. The van der Waals surface area contributed by atoms with E-state index < -0.39 is 29.5 Å². The highest BCUT2D eigenvalue weighted by Crippen LogP contribution is 2.31. The second kappa shape index (κ2) is 14.2. The van der Waals surface area contributed by atoms with Gasteiger partial charge in [0.1, 0.15) is 24.0 Å². The van der Waals surface area contributed by atoms with Crippen molar-refractivity contribution in [2.75, 3.05) is 10.6 Å². The molecular formula is C32H33F6N7O. The number of hydrogen-bond acceptors (Lipinski definition) is 6. The van der Waals surface area contributed by atoms with Gasteiger partial charge in [0, 0.05) is 31.5 Å². The molecule has 1 aliphatic rings. The quantitative estimate of drug-likeness (QED) is 0.147. The van der Waals surface area contributed by atoms with Gasteiger partial charge in [0.25, 0.3) is 0 Å². The average Bonchev–Trinajstić information content (AvgIpc) is 3.58. The predicted octanol–water partition coefficient (Wildman–Crippen LogP) is 7.38. The summed E-state index contributed by atoms with van der Waals surface area (Å²) in [5, 5.41) is 9.05. The maximum atomic E-state index is 13.5. The van der Waals surface area contributed by atoms with Gasteiger partial charge in [-0.3, -0.25) is 9.36 Å². The molecule has 0 saturated heterocycles. The molecule has 1 amide bonds.